The number of thioether (sulfide) groups is 1. The number of allylic oxidation sites excluding steroid dienone is 1. The summed E-state index contributed by atoms with van der Waals surface area (Å²) in [6.45, 7) is 8.57. The molecule has 1 amide bonds. The van der Waals surface area contributed by atoms with Gasteiger partial charge in [0.15, 0.2) is 11.0 Å². The van der Waals surface area contributed by atoms with Crippen LogP contribution >= 0.6 is 11.8 Å². The maximum Gasteiger partial charge on any atom is 0.230 e. The molecular weight excluding hydrogens is 348 g/mol. The van der Waals surface area contributed by atoms with Crippen molar-refractivity contribution >= 4 is 17.7 Å². The minimum absolute atomic E-state index is 0.0590. The molecule has 140 valence electrons. The van der Waals surface area contributed by atoms with Crippen LogP contribution in [0.5, 0.6) is 0 Å². The van der Waals surface area contributed by atoms with Gasteiger partial charge in [0.05, 0.1) is 17.6 Å². The third kappa shape index (κ3) is 4.38. The maximum absolute atomic E-state index is 12.3. The van der Waals surface area contributed by atoms with Crippen molar-refractivity contribution in [2.45, 2.75) is 57.3 Å². The summed E-state index contributed by atoms with van der Waals surface area (Å²) in [5.41, 5.74) is 0.909. The molecule has 1 aliphatic carbocycles. The fourth-order valence-corrected chi connectivity index (χ4v) is 4.07. The van der Waals surface area contributed by atoms with E-state index in [4.69, 9.17) is 4.42 Å². The van der Waals surface area contributed by atoms with Gasteiger partial charge in [-0.3, -0.25) is 9.36 Å². The van der Waals surface area contributed by atoms with E-state index in [0.717, 1.165) is 35.9 Å². The van der Waals surface area contributed by atoms with E-state index in [2.05, 4.69) is 29.0 Å². The van der Waals surface area contributed by atoms with Gasteiger partial charge >= 0.3 is 0 Å². The van der Waals surface area contributed by atoms with Crippen LogP contribution in [0.4, 0.5) is 0 Å². The number of aryl methyl sites for hydroxylation is 1. The van der Waals surface area contributed by atoms with Gasteiger partial charge in [-0.1, -0.05) is 24.8 Å². The zero-order chi connectivity index (χ0) is 18.5. The Bertz CT molecular complexity index is 759. The fourth-order valence-electron chi connectivity index (χ4n) is 3.31. The lowest BCUT2D eigenvalue weighted by Gasteiger charge is -2.26. The predicted octanol–water partition coefficient (Wildman–Crippen LogP) is 3.82. The van der Waals surface area contributed by atoms with E-state index in [1.54, 1.807) is 12.3 Å². The van der Waals surface area contributed by atoms with E-state index >= 15 is 0 Å². The van der Waals surface area contributed by atoms with E-state index < -0.39 is 0 Å². The Labute approximate surface area is 158 Å². The summed E-state index contributed by atoms with van der Waals surface area (Å²) in [6.07, 6.45) is 7.99. The molecule has 7 heteroatoms. The molecule has 0 unspecified atom stereocenters. The average molecular weight is 375 g/mol. The van der Waals surface area contributed by atoms with E-state index in [9.17, 15) is 4.79 Å². The van der Waals surface area contributed by atoms with Crippen molar-refractivity contribution in [1.82, 2.24) is 20.1 Å². The molecule has 0 radical (unpaired) electrons. The topological polar surface area (TPSA) is 73.0 Å². The molecule has 1 N–H and O–H groups in total. The first-order valence-electron chi connectivity index (χ1n) is 9.09. The van der Waals surface area contributed by atoms with Crippen molar-refractivity contribution in [2.24, 2.45) is 5.92 Å². The summed E-state index contributed by atoms with van der Waals surface area (Å²) in [7, 11) is 0. The van der Waals surface area contributed by atoms with Gasteiger partial charge in [-0.2, -0.15) is 0 Å². The van der Waals surface area contributed by atoms with E-state index in [1.807, 2.05) is 17.6 Å². The van der Waals surface area contributed by atoms with Crippen molar-refractivity contribution in [3.63, 3.8) is 0 Å². The van der Waals surface area contributed by atoms with Crippen molar-refractivity contribution < 1.29 is 9.21 Å². The minimum Gasteiger partial charge on any atom is -0.469 e. The van der Waals surface area contributed by atoms with Crippen molar-refractivity contribution in [2.75, 3.05) is 5.75 Å². The fraction of sp³-hybridized carbons (Fsp3) is 0.526. The number of furan rings is 1. The number of amides is 1. The highest BCUT2D eigenvalue weighted by atomic mass is 32.2. The van der Waals surface area contributed by atoms with Crippen LogP contribution in [-0.2, 0) is 11.3 Å². The van der Waals surface area contributed by atoms with Gasteiger partial charge in [-0.15, -0.1) is 16.8 Å². The highest BCUT2D eigenvalue weighted by molar-refractivity contribution is 7.99. The van der Waals surface area contributed by atoms with Gasteiger partial charge in [0, 0.05) is 12.6 Å². The van der Waals surface area contributed by atoms with Crippen LogP contribution in [0.15, 0.2) is 34.6 Å². The smallest absolute Gasteiger partial charge is 0.230 e. The van der Waals surface area contributed by atoms with E-state index in [-0.39, 0.29) is 5.91 Å². The van der Waals surface area contributed by atoms with Crippen LogP contribution in [0.25, 0.3) is 11.4 Å². The summed E-state index contributed by atoms with van der Waals surface area (Å²) in [6, 6.07) is 2.19. The van der Waals surface area contributed by atoms with E-state index in [0.29, 0.717) is 23.5 Å². The second kappa shape index (κ2) is 8.58. The first-order valence-corrected chi connectivity index (χ1v) is 10.1. The molecule has 0 spiro atoms. The van der Waals surface area contributed by atoms with Crippen molar-refractivity contribution in [3.8, 4) is 11.4 Å². The molecule has 0 saturated heterocycles. The Hall–Kier alpha value is -2.02. The number of nitrogens with one attached hydrogen (secondary N) is 1. The summed E-state index contributed by atoms with van der Waals surface area (Å²) >= 11 is 1.41. The number of carbonyl (C=O) groups excluding carboxylic acids is 1. The Morgan fingerprint density at radius 1 is 1.42 bits per heavy atom. The molecular formula is C19H26N4O2S. The molecule has 2 aromatic heterocycles. The first kappa shape index (κ1) is 18.8. The molecule has 0 atom stereocenters. The van der Waals surface area contributed by atoms with Gasteiger partial charge in [0.1, 0.15) is 5.76 Å². The quantitative estimate of drug-likeness (QED) is 0.589. The zero-order valence-electron chi connectivity index (χ0n) is 15.4. The van der Waals surface area contributed by atoms with Crippen molar-refractivity contribution in [3.05, 3.63) is 30.7 Å². The number of rotatable bonds is 7. The number of carbonyl (C=O) groups is 1. The molecule has 1 aliphatic rings. The lowest BCUT2D eigenvalue weighted by molar-refractivity contribution is -0.119. The molecule has 0 aliphatic heterocycles. The Morgan fingerprint density at radius 2 is 2.19 bits per heavy atom. The summed E-state index contributed by atoms with van der Waals surface area (Å²) in [5, 5.41) is 12.4. The monoisotopic (exact) mass is 374 g/mol. The number of nitrogens with zero attached hydrogens (tertiary/aromatic N) is 3. The molecule has 6 nitrogen and oxygen atoms in total. The average Bonchev–Trinajstić information content (AvgIpc) is 3.21. The van der Waals surface area contributed by atoms with Crippen LogP contribution < -0.4 is 5.32 Å². The number of aromatic nitrogens is 3. The highest BCUT2D eigenvalue weighted by Gasteiger charge is 2.21. The Kier molecular flexibility index (Phi) is 6.19. The normalized spacial score (nSPS) is 20.1. The summed E-state index contributed by atoms with van der Waals surface area (Å²) < 4.78 is 7.34. The third-order valence-electron chi connectivity index (χ3n) is 4.84. The van der Waals surface area contributed by atoms with Gasteiger partial charge in [-0.25, -0.2) is 0 Å². The molecule has 2 aromatic rings. The van der Waals surface area contributed by atoms with Crippen LogP contribution in [0.3, 0.4) is 0 Å². The largest absolute Gasteiger partial charge is 0.469 e. The van der Waals surface area contributed by atoms with Crippen molar-refractivity contribution in [1.29, 1.82) is 0 Å². The van der Waals surface area contributed by atoms with Crippen LogP contribution in [-0.4, -0.2) is 32.5 Å². The molecule has 0 aromatic carbocycles. The van der Waals surface area contributed by atoms with Gasteiger partial charge in [0.2, 0.25) is 5.91 Å². The van der Waals surface area contributed by atoms with E-state index in [1.165, 1.54) is 24.6 Å². The number of hydrogen-bond acceptors (Lipinski definition) is 5. The second-order valence-corrected chi connectivity index (χ2v) is 7.85. The molecule has 26 heavy (non-hydrogen) atoms. The maximum atomic E-state index is 12.3. The van der Waals surface area contributed by atoms with Gasteiger partial charge in [0.25, 0.3) is 0 Å². The second-order valence-electron chi connectivity index (χ2n) is 6.91. The Morgan fingerprint density at radius 3 is 2.85 bits per heavy atom. The summed E-state index contributed by atoms with van der Waals surface area (Å²) in [5.74, 6) is 2.71. The molecule has 1 fully saturated rings. The number of hydrogen-bond donors (Lipinski definition) is 1. The predicted molar refractivity (Wildman–Crippen MR) is 103 cm³/mol. The van der Waals surface area contributed by atoms with Gasteiger partial charge < -0.3 is 9.73 Å². The standard InChI is InChI=1S/C19H26N4O2S/c1-4-10-23-18(16-9-11-25-14(16)3)21-22-19(23)26-12-17(24)20-15-7-5-13(2)6-8-15/h4,9,11,13,15H,1,5-8,10,12H2,2-3H3,(H,20,24). The molecule has 3 rings (SSSR count). The van der Waals surface area contributed by atoms with Crippen LogP contribution in [0.2, 0.25) is 0 Å². The van der Waals surface area contributed by atoms with Gasteiger partial charge in [-0.05, 0) is 44.6 Å². The SMILES string of the molecule is C=CCn1c(SCC(=O)NC2CCC(C)CC2)nnc1-c1ccoc1C. The first-order chi connectivity index (χ1) is 12.6. The van der Waals surface area contributed by atoms with Crippen LogP contribution in [0, 0.1) is 12.8 Å². The third-order valence-corrected chi connectivity index (χ3v) is 5.81. The Balaban J connectivity index is 1.62. The lowest BCUT2D eigenvalue weighted by Crippen LogP contribution is -2.38. The minimum atomic E-state index is 0.0590. The van der Waals surface area contributed by atoms with Crippen LogP contribution in [0.1, 0.15) is 38.4 Å². The molecule has 1 saturated carbocycles. The summed E-state index contributed by atoms with van der Waals surface area (Å²) in [4.78, 5) is 12.3. The zero-order valence-corrected chi connectivity index (χ0v) is 16.2. The molecule has 0 bridgehead atoms. The highest BCUT2D eigenvalue weighted by Crippen LogP contribution is 2.27. The molecule has 2 heterocycles. The lowest BCUT2D eigenvalue weighted by atomic mass is 9.87.